The van der Waals surface area contributed by atoms with Gasteiger partial charge < -0.3 is 14.8 Å². The molecule has 0 saturated heterocycles. The molecule has 0 fully saturated rings. The molecule has 1 N–H and O–H groups in total. The van der Waals surface area contributed by atoms with Crippen molar-refractivity contribution in [3.8, 4) is 5.75 Å². The third-order valence-corrected chi connectivity index (χ3v) is 4.10. The molecule has 1 aliphatic rings. The number of anilines is 1. The molecule has 0 atom stereocenters. The van der Waals surface area contributed by atoms with Crippen LogP contribution in [0.25, 0.3) is 0 Å². The van der Waals surface area contributed by atoms with Crippen LogP contribution in [0.15, 0.2) is 59.9 Å². The van der Waals surface area contributed by atoms with E-state index in [1.807, 2.05) is 49.4 Å². The van der Waals surface area contributed by atoms with Crippen LogP contribution >= 0.6 is 11.6 Å². The average molecular weight is 344 g/mol. The van der Waals surface area contributed by atoms with E-state index in [2.05, 4.69) is 5.32 Å². The van der Waals surface area contributed by atoms with Crippen LogP contribution in [0.4, 0.5) is 5.69 Å². The second-order valence-corrected chi connectivity index (χ2v) is 5.91. The summed E-state index contributed by atoms with van der Waals surface area (Å²) in [5.41, 5.74) is 2.38. The normalized spacial score (nSPS) is 13.6. The Morgan fingerprint density at radius 1 is 1.25 bits per heavy atom. The van der Waals surface area contributed by atoms with Crippen molar-refractivity contribution in [1.29, 1.82) is 0 Å². The first kappa shape index (κ1) is 16.4. The zero-order chi connectivity index (χ0) is 16.9. The number of allylic oxidation sites excluding steroid dienone is 1. The highest BCUT2D eigenvalue weighted by Gasteiger charge is 2.19. The highest BCUT2D eigenvalue weighted by atomic mass is 35.5. The molecule has 2 aromatic carbocycles. The van der Waals surface area contributed by atoms with E-state index < -0.39 is 0 Å². The van der Waals surface area contributed by atoms with Crippen LogP contribution in [0.2, 0.25) is 5.02 Å². The third-order valence-electron chi connectivity index (χ3n) is 3.79. The molecule has 0 unspecified atom stereocenters. The summed E-state index contributed by atoms with van der Waals surface area (Å²) in [5, 5.41) is 3.48. The lowest BCUT2D eigenvalue weighted by Gasteiger charge is -2.10. The van der Waals surface area contributed by atoms with Crippen molar-refractivity contribution in [1.82, 2.24) is 0 Å². The quantitative estimate of drug-likeness (QED) is 0.866. The van der Waals surface area contributed by atoms with Crippen LogP contribution in [-0.2, 0) is 16.1 Å². The monoisotopic (exact) mass is 343 g/mol. The van der Waals surface area contributed by atoms with Crippen molar-refractivity contribution in [2.75, 3.05) is 11.9 Å². The SMILES string of the molecule is CC1=C(C(=O)Nc2cccc(COc3ccccc3Cl)c2)CCO1. The number of carbonyl (C=O) groups is 1. The Labute approximate surface area is 146 Å². The van der Waals surface area contributed by atoms with Gasteiger partial charge in [0.05, 0.1) is 17.2 Å². The van der Waals surface area contributed by atoms with E-state index >= 15 is 0 Å². The molecule has 1 aliphatic heterocycles. The van der Waals surface area contributed by atoms with Gasteiger partial charge in [-0.2, -0.15) is 0 Å². The van der Waals surface area contributed by atoms with Gasteiger partial charge in [0.1, 0.15) is 18.1 Å². The van der Waals surface area contributed by atoms with E-state index in [1.165, 1.54) is 0 Å². The molecule has 2 aromatic rings. The van der Waals surface area contributed by atoms with Gasteiger partial charge in [0.2, 0.25) is 0 Å². The number of halogens is 1. The van der Waals surface area contributed by atoms with Crippen LogP contribution in [-0.4, -0.2) is 12.5 Å². The van der Waals surface area contributed by atoms with Crippen LogP contribution in [0, 0.1) is 0 Å². The van der Waals surface area contributed by atoms with Crippen molar-refractivity contribution in [2.24, 2.45) is 0 Å². The number of ether oxygens (including phenoxy) is 2. The highest BCUT2D eigenvalue weighted by molar-refractivity contribution is 6.32. The van der Waals surface area contributed by atoms with Crippen LogP contribution in [0.3, 0.4) is 0 Å². The zero-order valence-electron chi connectivity index (χ0n) is 13.3. The van der Waals surface area contributed by atoms with Crippen molar-refractivity contribution in [3.05, 3.63) is 70.4 Å². The molecule has 0 aliphatic carbocycles. The third kappa shape index (κ3) is 3.89. The van der Waals surface area contributed by atoms with Crippen molar-refractivity contribution < 1.29 is 14.3 Å². The Hall–Kier alpha value is -2.46. The number of hydrogen-bond donors (Lipinski definition) is 1. The lowest BCUT2D eigenvalue weighted by atomic mass is 10.1. The lowest BCUT2D eigenvalue weighted by Crippen LogP contribution is -2.14. The van der Waals surface area contributed by atoms with Gasteiger partial charge in [-0.1, -0.05) is 35.9 Å². The van der Waals surface area contributed by atoms with Gasteiger partial charge in [0, 0.05) is 12.1 Å². The largest absolute Gasteiger partial charge is 0.497 e. The van der Waals surface area contributed by atoms with Crippen molar-refractivity contribution in [2.45, 2.75) is 20.0 Å². The van der Waals surface area contributed by atoms with Gasteiger partial charge in [-0.25, -0.2) is 0 Å². The predicted molar refractivity (Wildman–Crippen MR) is 94.1 cm³/mol. The maximum absolute atomic E-state index is 12.3. The minimum atomic E-state index is -0.117. The van der Waals surface area contributed by atoms with Gasteiger partial charge in [0.25, 0.3) is 5.91 Å². The van der Waals surface area contributed by atoms with Crippen LogP contribution < -0.4 is 10.1 Å². The van der Waals surface area contributed by atoms with E-state index in [-0.39, 0.29) is 5.91 Å². The fourth-order valence-corrected chi connectivity index (χ4v) is 2.70. The number of rotatable bonds is 5. The molecule has 0 saturated carbocycles. The minimum absolute atomic E-state index is 0.117. The molecule has 0 bridgehead atoms. The Bertz CT molecular complexity index is 786. The summed E-state index contributed by atoms with van der Waals surface area (Å²) in [4.78, 5) is 12.3. The summed E-state index contributed by atoms with van der Waals surface area (Å²) in [6, 6.07) is 14.9. The number of hydrogen-bond acceptors (Lipinski definition) is 3. The molecule has 0 radical (unpaired) electrons. The fraction of sp³-hybridized carbons (Fsp3) is 0.211. The molecule has 3 rings (SSSR count). The topological polar surface area (TPSA) is 47.6 Å². The molecule has 124 valence electrons. The summed E-state index contributed by atoms with van der Waals surface area (Å²) in [5.74, 6) is 1.22. The number of nitrogens with one attached hydrogen (secondary N) is 1. The molecular weight excluding hydrogens is 326 g/mol. The molecule has 1 amide bonds. The fourth-order valence-electron chi connectivity index (χ4n) is 2.51. The first-order valence-electron chi connectivity index (χ1n) is 7.73. The highest BCUT2D eigenvalue weighted by Crippen LogP contribution is 2.25. The summed E-state index contributed by atoms with van der Waals surface area (Å²) >= 11 is 6.08. The van der Waals surface area contributed by atoms with E-state index in [4.69, 9.17) is 21.1 Å². The molecule has 0 spiro atoms. The van der Waals surface area contributed by atoms with Gasteiger partial charge in [-0.3, -0.25) is 4.79 Å². The first-order valence-corrected chi connectivity index (χ1v) is 8.11. The number of benzene rings is 2. The summed E-state index contributed by atoms with van der Waals surface area (Å²) in [7, 11) is 0. The van der Waals surface area contributed by atoms with E-state index in [0.29, 0.717) is 41.7 Å². The van der Waals surface area contributed by atoms with Crippen molar-refractivity contribution >= 4 is 23.2 Å². The minimum Gasteiger partial charge on any atom is -0.497 e. The molecule has 5 heteroatoms. The maximum Gasteiger partial charge on any atom is 0.255 e. The zero-order valence-corrected chi connectivity index (χ0v) is 14.1. The standard InChI is InChI=1S/C19H18ClNO3/c1-13-16(9-10-23-13)19(22)21-15-6-4-5-14(11-15)12-24-18-8-3-2-7-17(18)20/h2-8,11H,9-10,12H2,1H3,(H,21,22). The van der Waals surface area contributed by atoms with Crippen molar-refractivity contribution in [3.63, 3.8) is 0 Å². The summed E-state index contributed by atoms with van der Waals surface area (Å²) in [6.45, 7) is 2.76. The Balaban J connectivity index is 1.65. The van der Waals surface area contributed by atoms with E-state index in [0.717, 1.165) is 11.3 Å². The number of para-hydroxylation sites is 1. The average Bonchev–Trinajstić information content (AvgIpc) is 3.01. The first-order chi connectivity index (χ1) is 11.6. The molecular formula is C19H18ClNO3. The molecule has 24 heavy (non-hydrogen) atoms. The molecule has 1 heterocycles. The lowest BCUT2D eigenvalue weighted by molar-refractivity contribution is -0.113. The Morgan fingerprint density at radius 2 is 2.08 bits per heavy atom. The predicted octanol–water partition coefficient (Wildman–Crippen LogP) is 4.55. The molecule has 4 nitrogen and oxygen atoms in total. The second kappa shape index (κ2) is 7.41. The van der Waals surface area contributed by atoms with Crippen LogP contribution in [0.1, 0.15) is 18.9 Å². The van der Waals surface area contributed by atoms with Gasteiger partial charge in [-0.05, 0) is 36.8 Å². The second-order valence-electron chi connectivity index (χ2n) is 5.51. The van der Waals surface area contributed by atoms with Gasteiger partial charge in [-0.15, -0.1) is 0 Å². The van der Waals surface area contributed by atoms with Gasteiger partial charge in [0.15, 0.2) is 0 Å². The van der Waals surface area contributed by atoms with Gasteiger partial charge >= 0.3 is 0 Å². The Morgan fingerprint density at radius 3 is 2.83 bits per heavy atom. The Kier molecular flexibility index (Phi) is 5.06. The summed E-state index contributed by atoms with van der Waals surface area (Å²) < 4.78 is 11.1. The molecule has 0 aromatic heterocycles. The maximum atomic E-state index is 12.3. The number of carbonyl (C=O) groups excluding carboxylic acids is 1. The number of amides is 1. The summed E-state index contributed by atoms with van der Waals surface area (Å²) in [6.07, 6.45) is 0.646. The van der Waals surface area contributed by atoms with Crippen LogP contribution in [0.5, 0.6) is 5.75 Å². The van der Waals surface area contributed by atoms with E-state index in [9.17, 15) is 4.79 Å². The smallest absolute Gasteiger partial charge is 0.255 e. The van der Waals surface area contributed by atoms with E-state index in [1.54, 1.807) is 6.07 Å².